The van der Waals surface area contributed by atoms with Gasteiger partial charge in [-0.25, -0.2) is 0 Å². The summed E-state index contributed by atoms with van der Waals surface area (Å²) in [6.07, 6.45) is 3.34. The highest BCUT2D eigenvalue weighted by Crippen LogP contribution is 2.14. The molecule has 2 heterocycles. The lowest BCUT2D eigenvalue weighted by atomic mass is 10.2. The van der Waals surface area contributed by atoms with Crippen LogP contribution in [0.25, 0.3) is 0 Å². The Labute approximate surface area is 173 Å². The molecule has 30 heavy (non-hydrogen) atoms. The Morgan fingerprint density at radius 1 is 0.933 bits per heavy atom. The molecule has 8 heteroatoms. The van der Waals surface area contributed by atoms with Crippen LogP contribution in [0.5, 0.6) is 0 Å². The molecule has 4 aromatic rings. The van der Waals surface area contributed by atoms with E-state index < -0.39 is 0 Å². The second kappa shape index (κ2) is 8.44. The average molecular weight is 400 g/mol. The van der Waals surface area contributed by atoms with Crippen LogP contribution in [0.3, 0.4) is 0 Å². The number of anilines is 2. The van der Waals surface area contributed by atoms with Gasteiger partial charge in [0.25, 0.3) is 11.8 Å². The maximum absolute atomic E-state index is 12.6. The Bertz CT molecular complexity index is 1160. The van der Waals surface area contributed by atoms with Crippen molar-refractivity contribution in [3.63, 3.8) is 0 Å². The van der Waals surface area contributed by atoms with Crippen LogP contribution >= 0.6 is 0 Å². The zero-order chi connectivity index (χ0) is 20.9. The lowest BCUT2D eigenvalue weighted by Crippen LogP contribution is -2.14. The van der Waals surface area contributed by atoms with Crippen molar-refractivity contribution in [3.05, 3.63) is 95.9 Å². The summed E-state index contributed by atoms with van der Waals surface area (Å²) < 4.78 is 3.20. The fraction of sp³-hybridized carbons (Fsp3) is 0.0909. The van der Waals surface area contributed by atoms with Gasteiger partial charge in [0, 0.05) is 24.9 Å². The van der Waals surface area contributed by atoms with E-state index in [4.69, 9.17) is 0 Å². The van der Waals surface area contributed by atoms with Gasteiger partial charge in [-0.05, 0) is 17.7 Å². The minimum Gasteiger partial charge on any atom is -0.318 e. The summed E-state index contributed by atoms with van der Waals surface area (Å²) in [6, 6.07) is 20.3. The fourth-order valence-corrected chi connectivity index (χ4v) is 2.95. The Morgan fingerprint density at radius 3 is 2.37 bits per heavy atom. The van der Waals surface area contributed by atoms with Gasteiger partial charge in [-0.15, -0.1) is 0 Å². The van der Waals surface area contributed by atoms with Crippen LogP contribution in [0, 0.1) is 0 Å². The number of nitrogens with one attached hydrogen (secondary N) is 2. The summed E-state index contributed by atoms with van der Waals surface area (Å²) in [5.74, 6) is -0.230. The van der Waals surface area contributed by atoms with Crippen LogP contribution in [-0.2, 0) is 13.6 Å². The lowest BCUT2D eigenvalue weighted by Gasteiger charge is -2.04. The van der Waals surface area contributed by atoms with Crippen LogP contribution in [0.4, 0.5) is 11.5 Å². The van der Waals surface area contributed by atoms with Crippen molar-refractivity contribution in [2.75, 3.05) is 10.6 Å². The van der Waals surface area contributed by atoms with Gasteiger partial charge in [0.15, 0.2) is 5.69 Å². The van der Waals surface area contributed by atoms with Gasteiger partial charge in [0.2, 0.25) is 0 Å². The first kappa shape index (κ1) is 19.1. The number of nitrogens with zero attached hydrogens (tertiary/aromatic N) is 4. The standard InChI is InChI=1S/C22H20N6O2/c1-27-20(25-21(29)17-10-6-3-7-11-17)12-19(26-27)22(30)24-18-13-23-28(15-18)14-16-8-4-2-5-9-16/h2-13,15H,14H2,1H3,(H,24,30)(H,25,29). The van der Waals surface area contributed by atoms with E-state index in [1.54, 1.807) is 48.4 Å². The number of amides is 2. The summed E-state index contributed by atoms with van der Waals surface area (Å²) in [7, 11) is 1.66. The molecule has 0 spiro atoms. The van der Waals surface area contributed by atoms with Crippen molar-refractivity contribution in [1.29, 1.82) is 0 Å². The number of benzene rings is 2. The van der Waals surface area contributed by atoms with Crippen LogP contribution < -0.4 is 10.6 Å². The first-order valence-electron chi connectivity index (χ1n) is 9.36. The number of rotatable bonds is 6. The third-order valence-corrected chi connectivity index (χ3v) is 4.47. The van der Waals surface area contributed by atoms with Crippen molar-refractivity contribution in [2.45, 2.75) is 6.54 Å². The molecular weight excluding hydrogens is 380 g/mol. The highest BCUT2D eigenvalue weighted by Gasteiger charge is 2.16. The molecular formula is C22H20N6O2. The largest absolute Gasteiger partial charge is 0.318 e. The smallest absolute Gasteiger partial charge is 0.276 e. The third kappa shape index (κ3) is 4.44. The van der Waals surface area contributed by atoms with Crippen molar-refractivity contribution in [2.24, 2.45) is 7.05 Å². The van der Waals surface area contributed by atoms with E-state index in [9.17, 15) is 9.59 Å². The number of carbonyl (C=O) groups is 2. The minimum absolute atomic E-state index is 0.191. The van der Waals surface area contributed by atoms with E-state index in [1.165, 1.54) is 10.7 Å². The topological polar surface area (TPSA) is 93.8 Å². The molecule has 0 unspecified atom stereocenters. The molecule has 0 aliphatic heterocycles. The van der Waals surface area contributed by atoms with Gasteiger partial charge in [0.05, 0.1) is 18.4 Å². The van der Waals surface area contributed by atoms with Crippen LogP contribution in [-0.4, -0.2) is 31.4 Å². The van der Waals surface area contributed by atoms with E-state index in [0.717, 1.165) is 5.56 Å². The highest BCUT2D eigenvalue weighted by atomic mass is 16.2. The Balaban J connectivity index is 1.41. The molecule has 0 aliphatic carbocycles. The second-order valence-electron chi connectivity index (χ2n) is 6.72. The van der Waals surface area contributed by atoms with E-state index in [-0.39, 0.29) is 17.5 Å². The minimum atomic E-state index is -0.384. The Hall–Kier alpha value is -4.20. The van der Waals surface area contributed by atoms with Crippen molar-refractivity contribution >= 4 is 23.3 Å². The third-order valence-electron chi connectivity index (χ3n) is 4.47. The average Bonchev–Trinajstić information content (AvgIpc) is 3.35. The highest BCUT2D eigenvalue weighted by molar-refractivity contribution is 6.06. The molecule has 0 saturated carbocycles. The number of carbonyl (C=O) groups excluding carboxylic acids is 2. The van der Waals surface area contributed by atoms with Crippen molar-refractivity contribution < 1.29 is 9.59 Å². The predicted molar refractivity (Wildman–Crippen MR) is 113 cm³/mol. The van der Waals surface area contributed by atoms with E-state index in [1.807, 2.05) is 36.4 Å². The molecule has 0 aliphatic rings. The first-order chi connectivity index (χ1) is 14.6. The molecule has 0 radical (unpaired) electrons. The van der Waals surface area contributed by atoms with E-state index >= 15 is 0 Å². The molecule has 4 rings (SSSR count). The maximum atomic E-state index is 12.6. The number of aryl methyl sites for hydroxylation is 1. The molecule has 0 atom stereocenters. The quantitative estimate of drug-likeness (QED) is 0.520. The molecule has 0 saturated heterocycles. The fourth-order valence-electron chi connectivity index (χ4n) is 2.95. The summed E-state index contributed by atoms with van der Waals surface area (Å²) in [6.45, 7) is 0.607. The summed E-state index contributed by atoms with van der Waals surface area (Å²) in [5.41, 5.74) is 2.39. The summed E-state index contributed by atoms with van der Waals surface area (Å²) in [5, 5.41) is 14.0. The number of hydrogen-bond donors (Lipinski definition) is 2. The molecule has 150 valence electrons. The summed E-state index contributed by atoms with van der Waals surface area (Å²) >= 11 is 0. The predicted octanol–water partition coefficient (Wildman–Crippen LogP) is 3.17. The number of aromatic nitrogens is 4. The zero-order valence-corrected chi connectivity index (χ0v) is 16.3. The Kier molecular flexibility index (Phi) is 5.38. The van der Waals surface area contributed by atoms with E-state index in [0.29, 0.717) is 23.6 Å². The molecule has 2 N–H and O–H groups in total. The SMILES string of the molecule is Cn1nc(C(=O)Nc2cnn(Cc3ccccc3)c2)cc1NC(=O)c1ccccc1. The van der Waals surface area contributed by atoms with Crippen LogP contribution in [0.2, 0.25) is 0 Å². The molecule has 2 aromatic carbocycles. The van der Waals surface area contributed by atoms with Gasteiger partial charge >= 0.3 is 0 Å². The lowest BCUT2D eigenvalue weighted by molar-refractivity contribution is 0.101. The van der Waals surface area contributed by atoms with Gasteiger partial charge in [-0.2, -0.15) is 10.2 Å². The van der Waals surface area contributed by atoms with Gasteiger partial charge in [-0.1, -0.05) is 48.5 Å². The zero-order valence-electron chi connectivity index (χ0n) is 16.3. The van der Waals surface area contributed by atoms with Gasteiger partial charge in [-0.3, -0.25) is 19.0 Å². The van der Waals surface area contributed by atoms with E-state index in [2.05, 4.69) is 20.8 Å². The normalized spacial score (nSPS) is 10.6. The molecule has 2 amide bonds. The second-order valence-corrected chi connectivity index (χ2v) is 6.72. The molecule has 0 fully saturated rings. The molecule has 0 bridgehead atoms. The van der Waals surface area contributed by atoms with Gasteiger partial charge < -0.3 is 10.6 Å². The van der Waals surface area contributed by atoms with Crippen LogP contribution in [0.15, 0.2) is 79.1 Å². The summed E-state index contributed by atoms with van der Waals surface area (Å²) in [4.78, 5) is 24.9. The molecule has 8 nitrogen and oxygen atoms in total. The van der Waals surface area contributed by atoms with Gasteiger partial charge in [0.1, 0.15) is 5.82 Å². The van der Waals surface area contributed by atoms with Crippen LogP contribution in [0.1, 0.15) is 26.4 Å². The van der Waals surface area contributed by atoms with Crippen molar-refractivity contribution in [1.82, 2.24) is 19.6 Å². The monoisotopic (exact) mass is 400 g/mol. The first-order valence-corrected chi connectivity index (χ1v) is 9.36. The van der Waals surface area contributed by atoms with Crippen molar-refractivity contribution in [3.8, 4) is 0 Å². The maximum Gasteiger partial charge on any atom is 0.276 e. The number of hydrogen-bond acceptors (Lipinski definition) is 4. The molecule has 2 aromatic heterocycles. The Morgan fingerprint density at radius 2 is 1.63 bits per heavy atom.